The zero-order valence-corrected chi connectivity index (χ0v) is 30.5. The molecule has 0 aliphatic carbocycles. The molecule has 12 nitrogen and oxygen atoms in total. The van der Waals surface area contributed by atoms with Crippen molar-refractivity contribution in [3.8, 4) is 0 Å². The lowest BCUT2D eigenvalue weighted by Gasteiger charge is -2.33. The maximum Gasteiger partial charge on any atom is 0.679 e. The van der Waals surface area contributed by atoms with Crippen LogP contribution in [-0.2, 0) is 36.7 Å². The molecule has 0 aromatic rings. The number of nitrogens with zero attached hydrogens (tertiary/aromatic N) is 4. The van der Waals surface area contributed by atoms with E-state index in [0.29, 0.717) is 50.1 Å². The van der Waals surface area contributed by atoms with Crippen molar-refractivity contribution in [2.45, 2.75) is 80.3 Å². The van der Waals surface area contributed by atoms with E-state index >= 15 is 0 Å². The molecule has 0 spiro atoms. The van der Waals surface area contributed by atoms with Gasteiger partial charge in [0.25, 0.3) is 0 Å². The Morgan fingerprint density at radius 3 is 0.867 bits per heavy atom. The number of ether oxygens (including phenoxy) is 4. The molecule has 4 aliphatic heterocycles. The van der Waals surface area contributed by atoms with Crippen LogP contribution in [0.5, 0.6) is 0 Å². The van der Waals surface area contributed by atoms with E-state index in [2.05, 4.69) is 75.0 Å². The Morgan fingerprint density at radius 1 is 0.444 bits per heavy atom. The van der Waals surface area contributed by atoms with Crippen LogP contribution >= 0.6 is 0 Å². The standard InChI is InChI=1S/C32H64N4O8Si/c1-25(2)29-33(9-17-37-29)13-21-41-45(42-22-14-34-10-18-38-30(34)26(3)4,43-23-15-35-11-19-39-31(35)27(5)6)44-24-16-36-12-20-40-32(36)28(7)8/h25-32H,9-24H2,1-8H3. The Labute approximate surface area is 274 Å². The van der Waals surface area contributed by atoms with Gasteiger partial charge in [-0.05, 0) is 23.7 Å². The van der Waals surface area contributed by atoms with E-state index in [0.717, 1.165) is 78.8 Å². The van der Waals surface area contributed by atoms with E-state index in [9.17, 15) is 0 Å². The Bertz CT molecular complexity index is 709. The molecule has 4 rings (SSSR count). The first-order chi connectivity index (χ1) is 21.6. The van der Waals surface area contributed by atoms with Crippen molar-refractivity contribution in [3.05, 3.63) is 0 Å². The SMILES string of the molecule is CC(C)C1OCCN1CCO[Si](OCCN1CCOC1C(C)C)(OCCN1CCOC1C(C)C)OCCN1CCOC1C(C)C. The van der Waals surface area contributed by atoms with Crippen LogP contribution in [0, 0.1) is 23.7 Å². The fraction of sp³-hybridized carbons (Fsp3) is 1.00. The summed E-state index contributed by atoms with van der Waals surface area (Å²) in [4.78, 5) is 9.40. The Morgan fingerprint density at radius 2 is 0.667 bits per heavy atom. The van der Waals surface area contributed by atoms with Gasteiger partial charge in [-0.15, -0.1) is 0 Å². The molecule has 4 aliphatic rings. The van der Waals surface area contributed by atoms with Crippen LogP contribution < -0.4 is 0 Å². The van der Waals surface area contributed by atoms with Gasteiger partial charge in [-0.25, -0.2) is 0 Å². The number of rotatable bonds is 20. The first-order valence-corrected chi connectivity index (χ1v) is 19.2. The highest BCUT2D eigenvalue weighted by molar-refractivity contribution is 6.53. The van der Waals surface area contributed by atoms with Gasteiger partial charge in [0.05, 0.1) is 52.9 Å². The highest BCUT2D eigenvalue weighted by Crippen LogP contribution is 2.23. The normalized spacial score (nSPS) is 29.1. The molecule has 264 valence electrons. The molecule has 0 radical (unpaired) electrons. The molecule has 4 atom stereocenters. The van der Waals surface area contributed by atoms with E-state index in [1.165, 1.54) is 0 Å². The second-order valence-corrected chi connectivity index (χ2v) is 16.2. The topological polar surface area (TPSA) is 86.8 Å². The number of hydrogen-bond donors (Lipinski definition) is 0. The van der Waals surface area contributed by atoms with Crippen molar-refractivity contribution in [1.29, 1.82) is 0 Å². The van der Waals surface area contributed by atoms with Crippen LogP contribution in [0.1, 0.15) is 55.4 Å². The molecule has 45 heavy (non-hydrogen) atoms. The van der Waals surface area contributed by atoms with Crippen molar-refractivity contribution in [2.75, 3.05) is 105 Å². The Balaban J connectivity index is 1.44. The van der Waals surface area contributed by atoms with Crippen molar-refractivity contribution in [1.82, 2.24) is 19.6 Å². The van der Waals surface area contributed by atoms with E-state index in [1.54, 1.807) is 0 Å². The summed E-state index contributed by atoms with van der Waals surface area (Å²) in [6, 6.07) is 0. The second-order valence-electron chi connectivity index (χ2n) is 14.1. The van der Waals surface area contributed by atoms with Crippen LogP contribution in [0.25, 0.3) is 0 Å². The molecule has 4 heterocycles. The molecule has 0 aromatic heterocycles. The molecule has 0 bridgehead atoms. The smallest absolute Gasteiger partial charge is 0.362 e. The molecule has 4 fully saturated rings. The monoisotopic (exact) mass is 660 g/mol. The van der Waals surface area contributed by atoms with Gasteiger partial charge in [-0.1, -0.05) is 55.4 Å². The first kappa shape index (κ1) is 37.6. The van der Waals surface area contributed by atoms with Crippen LogP contribution in [-0.4, -0.2) is 159 Å². The van der Waals surface area contributed by atoms with E-state index in [-0.39, 0.29) is 24.9 Å². The highest BCUT2D eigenvalue weighted by Gasteiger charge is 2.47. The Hall–Kier alpha value is -0.263. The summed E-state index contributed by atoms with van der Waals surface area (Å²) in [7, 11) is -3.55. The Kier molecular flexibility index (Phi) is 15.4. The average molecular weight is 661 g/mol. The van der Waals surface area contributed by atoms with Crippen LogP contribution in [0.3, 0.4) is 0 Å². The van der Waals surface area contributed by atoms with Crippen molar-refractivity contribution in [3.63, 3.8) is 0 Å². The van der Waals surface area contributed by atoms with Gasteiger partial charge < -0.3 is 36.7 Å². The molecule has 4 unspecified atom stereocenters. The third-order valence-electron chi connectivity index (χ3n) is 9.02. The lowest BCUT2D eigenvalue weighted by atomic mass is 10.2. The second kappa shape index (κ2) is 18.5. The van der Waals surface area contributed by atoms with Crippen LogP contribution in [0.4, 0.5) is 0 Å². The van der Waals surface area contributed by atoms with Crippen LogP contribution in [0.2, 0.25) is 0 Å². The summed E-state index contributed by atoms with van der Waals surface area (Å²) < 4.78 is 50.6. The molecular weight excluding hydrogens is 596 g/mol. The zero-order chi connectivity index (χ0) is 32.4. The maximum atomic E-state index is 6.66. The minimum absolute atomic E-state index is 0.0989. The fourth-order valence-corrected chi connectivity index (χ4v) is 8.77. The summed E-state index contributed by atoms with van der Waals surface area (Å²) in [6.07, 6.45) is 0.396. The van der Waals surface area contributed by atoms with Gasteiger partial charge in [0, 0.05) is 52.4 Å². The minimum Gasteiger partial charge on any atom is -0.362 e. The van der Waals surface area contributed by atoms with Gasteiger partial charge >= 0.3 is 9.05 Å². The molecule has 4 saturated heterocycles. The summed E-state index contributed by atoms with van der Waals surface area (Å²) in [5.74, 6) is 1.62. The van der Waals surface area contributed by atoms with E-state index < -0.39 is 9.05 Å². The lowest BCUT2D eigenvalue weighted by Crippen LogP contribution is -2.54. The number of hydrogen-bond acceptors (Lipinski definition) is 12. The van der Waals surface area contributed by atoms with Gasteiger partial charge in [0.2, 0.25) is 0 Å². The predicted octanol–water partition coefficient (Wildman–Crippen LogP) is 2.75. The van der Waals surface area contributed by atoms with Crippen molar-refractivity contribution < 1.29 is 36.7 Å². The van der Waals surface area contributed by atoms with Crippen molar-refractivity contribution >= 4 is 9.05 Å². The van der Waals surface area contributed by atoms with Crippen LogP contribution in [0.15, 0.2) is 0 Å². The fourth-order valence-electron chi connectivity index (χ4n) is 6.91. The van der Waals surface area contributed by atoms with Crippen molar-refractivity contribution in [2.24, 2.45) is 23.7 Å². The molecule has 0 saturated carbocycles. The van der Waals surface area contributed by atoms with E-state index in [1.807, 2.05) is 0 Å². The summed E-state index contributed by atoms with van der Waals surface area (Å²) in [6.45, 7) is 28.8. The summed E-state index contributed by atoms with van der Waals surface area (Å²) in [5.41, 5.74) is 0. The van der Waals surface area contributed by atoms with Gasteiger partial charge in [0.1, 0.15) is 24.9 Å². The third kappa shape index (κ3) is 10.9. The van der Waals surface area contributed by atoms with Gasteiger partial charge in [0.15, 0.2) is 0 Å². The maximum absolute atomic E-state index is 6.66. The van der Waals surface area contributed by atoms with Gasteiger partial charge in [-0.2, -0.15) is 0 Å². The average Bonchev–Trinajstić information content (AvgIpc) is 3.80. The molecule has 0 N–H and O–H groups in total. The zero-order valence-electron chi connectivity index (χ0n) is 29.5. The minimum atomic E-state index is -3.55. The lowest BCUT2D eigenvalue weighted by molar-refractivity contribution is -0.0680. The molecule has 0 amide bonds. The predicted molar refractivity (Wildman–Crippen MR) is 174 cm³/mol. The molecular formula is C32H64N4O8Si. The first-order valence-electron chi connectivity index (χ1n) is 17.6. The summed E-state index contributed by atoms with van der Waals surface area (Å²) >= 11 is 0. The third-order valence-corrected chi connectivity index (χ3v) is 11.2. The molecule has 0 aromatic carbocycles. The van der Waals surface area contributed by atoms with Gasteiger partial charge in [-0.3, -0.25) is 19.6 Å². The largest absolute Gasteiger partial charge is 0.679 e. The summed E-state index contributed by atoms with van der Waals surface area (Å²) in [5, 5.41) is 0. The quantitative estimate of drug-likeness (QED) is 0.180. The van der Waals surface area contributed by atoms with E-state index in [4.69, 9.17) is 36.7 Å². The molecule has 13 heteroatoms. The highest BCUT2D eigenvalue weighted by atomic mass is 28.4.